The van der Waals surface area contributed by atoms with Gasteiger partial charge in [-0.25, -0.2) is 9.79 Å². The van der Waals surface area contributed by atoms with Crippen LogP contribution in [0.2, 0.25) is 5.02 Å². The standard InChI is InChI=1S/C24H19ClN2O5S/c1-13-20(23(30)31-3)21(15-8-10-17(11-9-15)32-14(2)28)27-22(29)19(33-24(27)26-13)12-16-6-4-5-7-18(16)25/h4-12,21H,1-3H3/b19-12+/t21-/m1/s1. The number of carbonyl (C=O) groups is 2. The molecule has 0 bridgehead atoms. The van der Waals surface area contributed by atoms with Gasteiger partial charge in [-0.2, -0.15) is 0 Å². The predicted octanol–water partition coefficient (Wildman–Crippen LogP) is 2.99. The largest absolute Gasteiger partial charge is 0.466 e. The van der Waals surface area contributed by atoms with E-state index < -0.39 is 18.0 Å². The number of ether oxygens (including phenoxy) is 2. The molecular formula is C24H19ClN2O5S. The lowest BCUT2D eigenvalue weighted by Gasteiger charge is -2.24. The predicted molar refractivity (Wildman–Crippen MR) is 125 cm³/mol. The highest BCUT2D eigenvalue weighted by Gasteiger charge is 2.33. The van der Waals surface area contributed by atoms with Gasteiger partial charge in [-0.15, -0.1) is 0 Å². The lowest BCUT2D eigenvalue weighted by atomic mass is 9.96. The number of esters is 2. The van der Waals surface area contributed by atoms with Gasteiger partial charge in [0.05, 0.1) is 29.0 Å². The van der Waals surface area contributed by atoms with Crippen LogP contribution < -0.4 is 19.6 Å². The van der Waals surface area contributed by atoms with Gasteiger partial charge in [0, 0.05) is 11.9 Å². The molecule has 0 spiro atoms. The summed E-state index contributed by atoms with van der Waals surface area (Å²) in [4.78, 5) is 42.4. The van der Waals surface area contributed by atoms with Crippen LogP contribution in [-0.2, 0) is 14.3 Å². The van der Waals surface area contributed by atoms with Gasteiger partial charge >= 0.3 is 11.9 Å². The Morgan fingerprint density at radius 2 is 1.85 bits per heavy atom. The average molecular weight is 483 g/mol. The van der Waals surface area contributed by atoms with Crippen LogP contribution in [0.15, 0.2) is 69.6 Å². The van der Waals surface area contributed by atoms with Gasteiger partial charge in [-0.05, 0) is 42.3 Å². The number of nitrogens with zero attached hydrogens (tertiary/aromatic N) is 2. The molecule has 33 heavy (non-hydrogen) atoms. The van der Waals surface area contributed by atoms with Crippen LogP contribution in [0.25, 0.3) is 6.08 Å². The molecule has 0 unspecified atom stereocenters. The molecule has 1 atom stereocenters. The fourth-order valence-electron chi connectivity index (χ4n) is 3.63. The number of methoxy groups -OCH3 is 1. The summed E-state index contributed by atoms with van der Waals surface area (Å²) >= 11 is 7.49. The van der Waals surface area contributed by atoms with Crippen molar-refractivity contribution in [1.82, 2.24) is 4.57 Å². The van der Waals surface area contributed by atoms with Crippen molar-refractivity contribution in [1.29, 1.82) is 0 Å². The Kier molecular flexibility index (Phi) is 6.31. The van der Waals surface area contributed by atoms with Crippen molar-refractivity contribution >= 4 is 41.0 Å². The van der Waals surface area contributed by atoms with E-state index in [9.17, 15) is 14.4 Å². The molecule has 0 amide bonds. The fourth-order valence-corrected chi connectivity index (χ4v) is 4.85. The van der Waals surface area contributed by atoms with Crippen LogP contribution in [0.5, 0.6) is 5.75 Å². The maximum absolute atomic E-state index is 13.5. The number of halogens is 1. The third kappa shape index (κ3) is 4.40. The molecule has 4 rings (SSSR count). The lowest BCUT2D eigenvalue weighted by molar-refractivity contribution is -0.136. The molecule has 1 aromatic heterocycles. The smallest absolute Gasteiger partial charge is 0.338 e. The summed E-state index contributed by atoms with van der Waals surface area (Å²) in [5, 5.41) is 0.521. The van der Waals surface area contributed by atoms with E-state index in [0.29, 0.717) is 36.9 Å². The van der Waals surface area contributed by atoms with Crippen LogP contribution in [0.1, 0.15) is 31.0 Å². The molecule has 1 aliphatic rings. The molecule has 0 aliphatic carbocycles. The quantitative estimate of drug-likeness (QED) is 0.421. The van der Waals surface area contributed by atoms with Crippen molar-refractivity contribution in [3.05, 3.63) is 95.6 Å². The third-order valence-corrected chi connectivity index (χ3v) is 6.40. The highest BCUT2D eigenvalue weighted by Crippen LogP contribution is 2.31. The van der Waals surface area contributed by atoms with Gasteiger partial charge < -0.3 is 9.47 Å². The second kappa shape index (κ2) is 9.17. The first-order valence-electron chi connectivity index (χ1n) is 9.94. The van der Waals surface area contributed by atoms with Crippen LogP contribution >= 0.6 is 22.9 Å². The van der Waals surface area contributed by atoms with Gasteiger partial charge in [0.15, 0.2) is 4.80 Å². The topological polar surface area (TPSA) is 87.0 Å². The van der Waals surface area contributed by atoms with Gasteiger partial charge in [-0.1, -0.05) is 53.3 Å². The molecule has 7 nitrogen and oxygen atoms in total. The summed E-state index contributed by atoms with van der Waals surface area (Å²) in [5.41, 5.74) is 1.76. The summed E-state index contributed by atoms with van der Waals surface area (Å²) in [5.74, 6) is -0.662. The Labute approximate surface area is 197 Å². The molecule has 2 heterocycles. The molecule has 3 aromatic rings. The van der Waals surface area contributed by atoms with Crippen molar-refractivity contribution in [3.63, 3.8) is 0 Å². The number of benzene rings is 2. The molecular weight excluding hydrogens is 464 g/mol. The van der Waals surface area contributed by atoms with Crippen LogP contribution in [0.4, 0.5) is 0 Å². The van der Waals surface area contributed by atoms with Crippen molar-refractivity contribution in [2.45, 2.75) is 19.9 Å². The van der Waals surface area contributed by atoms with E-state index in [-0.39, 0.29) is 11.1 Å². The number of allylic oxidation sites excluding steroid dienone is 1. The Morgan fingerprint density at radius 1 is 1.15 bits per heavy atom. The summed E-state index contributed by atoms with van der Waals surface area (Å²) in [6, 6.07) is 13.1. The number of hydrogen-bond donors (Lipinski definition) is 0. The summed E-state index contributed by atoms with van der Waals surface area (Å²) < 4.78 is 12.0. The van der Waals surface area contributed by atoms with E-state index in [1.165, 1.54) is 29.9 Å². The minimum absolute atomic E-state index is 0.259. The van der Waals surface area contributed by atoms with E-state index in [2.05, 4.69) is 4.99 Å². The second-order valence-electron chi connectivity index (χ2n) is 7.26. The van der Waals surface area contributed by atoms with E-state index >= 15 is 0 Å². The zero-order chi connectivity index (χ0) is 23.7. The molecule has 0 N–H and O–H groups in total. The number of hydrogen-bond acceptors (Lipinski definition) is 7. The maximum Gasteiger partial charge on any atom is 0.338 e. The van der Waals surface area contributed by atoms with E-state index in [1.807, 2.05) is 18.2 Å². The molecule has 0 radical (unpaired) electrons. The molecule has 0 fully saturated rings. The first-order chi connectivity index (χ1) is 15.8. The Balaban J connectivity index is 1.93. The molecule has 0 saturated carbocycles. The molecule has 0 saturated heterocycles. The maximum atomic E-state index is 13.5. The Hall–Kier alpha value is -3.49. The third-order valence-electron chi connectivity index (χ3n) is 5.08. The number of fused-ring (bicyclic) bond motifs is 1. The van der Waals surface area contributed by atoms with Crippen LogP contribution in [0, 0.1) is 0 Å². The van der Waals surface area contributed by atoms with Gasteiger partial charge in [0.25, 0.3) is 5.56 Å². The monoisotopic (exact) mass is 482 g/mol. The van der Waals surface area contributed by atoms with Crippen molar-refractivity contribution < 1.29 is 19.1 Å². The summed E-state index contributed by atoms with van der Waals surface area (Å²) in [6.45, 7) is 3.02. The zero-order valence-corrected chi connectivity index (χ0v) is 19.6. The molecule has 168 valence electrons. The van der Waals surface area contributed by atoms with E-state index in [4.69, 9.17) is 21.1 Å². The highest BCUT2D eigenvalue weighted by atomic mass is 35.5. The average Bonchev–Trinajstić information content (AvgIpc) is 3.08. The second-order valence-corrected chi connectivity index (χ2v) is 8.67. The van der Waals surface area contributed by atoms with Gasteiger partial charge in [0.2, 0.25) is 0 Å². The lowest BCUT2D eigenvalue weighted by Crippen LogP contribution is -2.39. The highest BCUT2D eigenvalue weighted by molar-refractivity contribution is 7.07. The van der Waals surface area contributed by atoms with Gasteiger partial charge in [0.1, 0.15) is 5.75 Å². The Bertz CT molecular complexity index is 1470. The molecule has 9 heteroatoms. The summed E-state index contributed by atoms with van der Waals surface area (Å²) in [6.07, 6.45) is 1.71. The number of thiazole rings is 1. The van der Waals surface area contributed by atoms with Gasteiger partial charge in [-0.3, -0.25) is 14.2 Å². The number of carbonyl (C=O) groups excluding carboxylic acids is 2. The minimum atomic E-state index is -0.756. The van der Waals surface area contributed by atoms with Crippen LogP contribution in [0.3, 0.4) is 0 Å². The number of rotatable bonds is 4. The minimum Gasteiger partial charge on any atom is -0.466 e. The molecule has 2 aromatic carbocycles. The normalized spacial score (nSPS) is 15.6. The first kappa shape index (κ1) is 22.7. The van der Waals surface area contributed by atoms with Crippen molar-refractivity contribution in [3.8, 4) is 5.75 Å². The first-order valence-corrected chi connectivity index (χ1v) is 11.1. The Morgan fingerprint density at radius 3 is 2.48 bits per heavy atom. The fraction of sp³-hybridized carbons (Fsp3) is 0.167. The summed E-state index contributed by atoms with van der Waals surface area (Å²) in [7, 11) is 1.28. The van der Waals surface area contributed by atoms with Crippen molar-refractivity contribution in [2.75, 3.05) is 7.11 Å². The van der Waals surface area contributed by atoms with Crippen LogP contribution in [-0.4, -0.2) is 23.6 Å². The SMILES string of the molecule is COC(=O)C1=C(C)N=c2s/c(=C/c3ccccc3Cl)c(=O)n2[C@@H]1c1ccc(OC(C)=O)cc1. The van der Waals surface area contributed by atoms with E-state index in [1.54, 1.807) is 43.3 Å². The zero-order valence-electron chi connectivity index (χ0n) is 18.0. The van der Waals surface area contributed by atoms with Crippen molar-refractivity contribution in [2.24, 2.45) is 4.99 Å². The number of aromatic nitrogens is 1. The van der Waals surface area contributed by atoms with E-state index in [0.717, 1.165) is 0 Å². The molecule has 1 aliphatic heterocycles.